The van der Waals surface area contributed by atoms with Crippen LogP contribution in [-0.2, 0) is 4.74 Å². The molecule has 130 valence electrons. The highest BCUT2D eigenvalue weighted by molar-refractivity contribution is 7.17. The zero-order chi connectivity index (χ0) is 18.1. The summed E-state index contributed by atoms with van der Waals surface area (Å²) in [4.78, 5) is 26.5. The van der Waals surface area contributed by atoms with E-state index in [1.807, 2.05) is 6.92 Å². The number of benzene rings is 1. The Labute approximate surface area is 147 Å². The van der Waals surface area contributed by atoms with E-state index in [-0.39, 0.29) is 18.1 Å². The summed E-state index contributed by atoms with van der Waals surface area (Å²) in [6, 6.07) is 5.34. The third-order valence-electron chi connectivity index (χ3n) is 3.71. The van der Waals surface area contributed by atoms with Crippen LogP contribution in [0.2, 0.25) is 0 Å². The second-order valence-electron chi connectivity index (χ2n) is 5.52. The van der Waals surface area contributed by atoms with Gasteiger partial charge in [-0.1, -0.05) is 12.1 Å². The number of urea groups is 1. The van der Waals surface area contributed by atoms with Crippen LogP contribution in [-0.4, -0.2) is 23.6 Å². The molecule has 1 aromatic carbocycles. The second kappa shape index (κ2) is 6.56. The summed E-state index contributed by atoms with van der Waals surface area (Å²) in [5.74, 6) is -0.412. The van der Waals surface area contributed by atoms with Crippen LogP contribution in [0.3, 0.4) is 0 Å². The van der Waals surface area contributed by atoms with E-state index in [4.69, 9.17) is 10.5 Å². The van der Waals surface area contributed by atoms with E-state index in [0.717, 1.165) is 4.88 Å². The smallest absolute Gasteiger partial charge is 0.329 e. The van der Waals surface area contributed by atoms with Gasteiger partial charge in [-0.05, 0) is 31.5 Å². The van der Waals surface area contributed by atoms with Gasteiger partial charge in [0.05, 0.1) is 5.56 Å². The van der Waals surface area contributed by atoms with Gasteiger partial charge in [0, 0.05) is 16.6 Å². The van der Waals surface area contributed by atoms with Crippen LogP contribution in [0.4, 0.5) is 14.2 Å². The summed E-state index contributed by atoms with van der Waals surface area (Å²) in [5, 5.41) is 3.06. The molecule has 0 spiro atoms. The molecule has 2 aromatic rings. The van der Waals surface area contributed by atoms with Crippen molar-refractivity contribution in [2.45, 2.75) is 13.8 Å². The first-order valence-corrected chi connectivity index (χ1v) is 8.26. The molecule has 8 heteroatoms. The molecule has 6 nitrogen and oxygen atoms in total. The third-order valence-corrected chi connectivity index (χ3v) is 4.73. The topological polar surface area (TPSA) is 84.7 Å². The van der Waals surface area contributed by atoms with Crippen molar-refractivity contribution >= 4 is 28.3 Å². The number of nitrogens with zero attached hydrogens (tertiary/aromatic N) is 1. The molecular formula is C17H16FN3O3S. The minimum atomic E-state index is -0.664. The van der Waals surface area contributed by atoms with Crippen LogP contribution in [0.1, 0.15) is 22.2 Å². The molecule has 25 heavy (non-hydrogen) atoms. The number of hydrogen-bond acceptors (Lipinski definition) is 4. The van der Waals surface area contributed by atoms with Gasteiger partial charge in [-0.2, -0.15) is 0 Å². The molecule has 0 atom stereocenters. The second-order valence-corrected chi connectivity index (χ2v) is 6.75. The summed E-state index contributed by atoms with van der Waals surface area (Å²) in [5.41, 5.74) is 7.00. The minimum Gasteiger partial charge on any atom is -0.476 e. The summed E-state index contributed by atoms with van der Waals surface area (Å²) >= 11 is 1.24. The highest BCUT2D eigenvalue weighted by atomic mass is 32.1. The maximum Gasteiger partial charge on any atom is 0.329 e. The van der Waals surface area contributed by atoms with Gasteiger partial charge in [-0.25, -0.2) is 9.18 Å². The van der Waals surface area contributed by atoms with Crippen LogP contribution in [0.25, 0.3) is 11.1 Å². The van der Waals surface area contributed by atoms with Crippen molar-refractivity contribution in [1.82, 2.24) is 4.90 Å². The fourth-order valence-corrected chi connectivity index (χ4v) is 3.65. The fourth-order valence-electron chi connectivity index (χ4n) is 2.58. The molecule has 3 N–H and O–H groups in total. The molecule has 0 fully saturated rings. The maximum absolute atomic E-state index is 13.2. The Balaban J connectivity index is 1.98. The SMILES string of the molecule is CC1=CN(C(=O)Nc2sc(C)c(-c3ccc(F)cc3)c2C(N)=O)CO1. The highest BCUT2D eigenvalue weighted by Gasteiger charge is 2.25. The number of rotatable bonds is 3. The molecule has 2 heterocycles. The Morgan fingerprint density at radius 3 is 2.52 bits per heavy atom. The van der Waals surface area contributed by atoms with Crippen molar-refractivity contribution in [3.8, 4) is 11.1 Å². The van der Waals surface area contributed by atoms with E-state index in [9.17, 15) is 14.0 Å². The number of allylic oxidation sites excluding steroid dienone is 1. The number of carbonyl (C=O) groups excluding carboxylic acids is 2. The molecule has 3 amide bonds. The van der Waals surface area contributed by atoms with Gasteiger partial charge in [0.1, 0.15) is 16.6 Å². The number of ether oxygens (including phenoxy) is 1. The van der Waals surface area contributed by atoms with Crippen LogP contribution in [0, 0.1) is 12.7 Å². The highest BCUT2D eigenvalue weighted by Crippen LogP contribution is 2.39. The lowest BCUT2D eigenvalue weighted by Gasteiger charge is -2.13. The number of carbonyl (C=O) groups is 2. The molecule has 0 bridgehead atoms. The molecule has 0 radical (unpaired) electrons. The predicted molar refractivity (Wildman–Crippen MR) is 93.5 cm³/mol. The molecule has 0 saturated carbocycles. The van der Waals surface area contributed by atoms with Crippen molar-refractivity contribution in [2.24, 2.45) is 5.73 Å². The van der Waals surface area contributed by atoms with E-state index >= 15 is 0 Å². The Morgan fingerprint density at radius 1 is 1.28 bits per heavy atom. The first-order chi connectivity index (χ1) is 11.9. The lowest BCUT2D eigenvalue weighted by Crippen LogP contribution is -2.29. The quantitative estimate of drug-likeness (QED) is 0.875. The molecule has 3 rings (SSSR count). The molecule has 1 aliphatic heterocycles. The molecule has 0 saturated heterocycles. The molecule has 1 aliphatic rings. The van der Waals surface area contributed by atoms with Gasteiger partial charge in [0.25, 0.3) is 5.91 Å². The van der Waals surface area contributed by atoms with Crippen LogP contribution in [0.15, 0.2) is 36.2 Å². The molecule has 0 aliphatic carbocycles. The van der Waals surface area contributed by atoms with Gasteiger partial charge in [0.2, 0.25) is 0 Å². The van der Waals surface area contributed by atoms with E-state index < -0.39 is 11.9 Å². The van der Waals surface area contributed by atoms with E-state index in [2.05, 4.69) is 5.32 Å². The molecule has 0 unspecified atom stereocenters. The van der Waals surface area contributed by atoms with Gasteiger partial charge in [-0.3, -0.25) is 15.0 Å². The van der Waals surface area contributed by atoms with Crippen LogP contribution >= 0.6 is 11.3 Å². The number of halogens is 1. The first kappa shape index (κ1) is 17.0. The lowest BCUT2D eigenvalue weighted by atomic mass is 10.0. The number of amides is 3. The number of nitrogens with one attached hydrogen (secondary N) is 1. The standard InChI is InChI=1S/C17H16FN3O3S/c1-9-7-21(8-24-9)17(23)20-16-14(15(19)22)13(10(2)25-16)11-3-5-12(18)6-4-11/h3-7H,8H2,1-2H3,(H2,19,22)(H,20,23). The molecular weight excluding hydrogens is 345 g/mol. The van der Waals surface area contributed by atoms with Crippen LogP contribution < -0.4 is 11.1 Å². The number of anilines is 1. The van der Waals surface area contributed by atoms with Crippen molar-refractivity contribution in [1.29, 1.82) is 0 Å². The van der Waals surface area contributed by atoms with E-state index in [1.54, 1.807) is 25.3 Å². The van der Waals surface area contributed by atoms with E-state index in [0.29, 0.717) is 21.9 Å². The minimum absolute atomic E-state index is 0.110. The number of thiophene rings is 1. The van der Waals surface area contributed by atoms with Gasteiger partial charge < -0.3 is 10.5 Å². The normalized spacial score (nSPS) is 13.4. The van der Waals surface area contributed by atoms with Crippen molar-refractivity contribution in [3.05, 3.63) is 52.5 Å². The van der Waals surface area contributed by atoms with Gasteiger partial charge >= 0.3 is 6.03 Å². The monoisotopic (exact) mass is 361 g/mol. The Morgan fingerprint density at radius 2 is 1.96 bits per heavy atom. The fraction of sp³-hybridized carbons (Fsp3) is 0.176. The van der Waals surface area contributed by atoms with Crippen molar-refractivity contribution in [2.75, 3.05) is 12.0 Å². The third kappa shape index (κ3) is 3.34. The average molecular weight is 361 g/mol. The number of nitrogens with two attached hydrogens (primary N) is 1. The Bertz CT molecular complexity index is 874. The van der Waals surface area contributed by atoms with Crippen molar-refractivity contribution in [3.63, 3.8) is 0 Å². The zero-order valence-electron chi connectivity index (χ0n) is 13.6. The largest absolute Gasteiger partial charge is 0.476 e. The number of aryl methyl sites for hydroxylation is 1. The van der Waals surface area contributed by atoms with E-state index in [1.165, 1.54) is 28.4 Å². The van der Waals surface area contributed by atoms with Crippen LogP contribution in [0.5, 0.6) is 0 Å². The lowest BCUT2D eigenvalue weighted by molar-refractivity contribution is 0.100. The van der Waals surface area contributed by atoms with Gasteiger partial charge in [0.15, 0.2) is 6.73 Å². The first-order valence-electron chi connectivity index (χ1n) is 7.45. The zero-order valence-corrected chi connectivity index (χ0v) is 14.4. The average Bonchev–Trinajstić information content (AvgIpc) is 3.12. The summed E-state index contributed by atoms with van der Waals surface area (Å²) in [6.45, 7) is 3.66. The maximum atomic E-state index is 13.2. The summed E-state index contributed by atoms with van der Waals surface area (Å²) < 4.78 is 18.4. The number of primary amides is 1. The Hall–Kier alpha value is -2.87. The van der Waals surface area contributed by atoms with Gasteiger partial charge in [-0.15, -0.1) is 11.3 Å². The van der Waals surface area contributed by atoms with Crippen molar-refractivity contribution < 1.29 is 18.7 Å². The predicted octanol–water partition coefficient (Wildman–Crippen LogP) is 3.64. The Kier molecular flexibility index (Phi) is 4.45. The molecule has 1 aromatic heterocycles. The summed E-state index contributed by atoms with van der Waals surface area (Å²) in [6.07, 6.45) is 1.57. The number of hydrogen-bond donors (Lipinski definition) is 2. The summed E-state index contributed by atoms with van der Waals surface area (Å²) in [7, 11) is 0.